The largest absolute Gasteiger partial charge is 0.476 e. The molecule has 1 aromatic carbocycles. The molecule has 0 N–H and O–H groups in total. The van der Waals surface area contributed by atoms with Gasteiger partial charge in [-0.2, -0.15) is 0 Å². The first-order chi connectivity index (χ1) is 9.76. The second-order valence-electron chi connectivity index (χ2n) is 4.60. The van der Waals surface area contributed by atoms with Crippen LogP contribution in [0.3, 0.4) is 0 Å². The van der Waals surface area contributed by atoms with Crippen LogP contribution in [0.15, 0.2) is 36.5 Å². The van der Waals surface area contributed by atoms with Crippen molar-refractivity contribution in [2.24, 2.45) is 0 Å². The quantitative estimate of drug-likeness (QED) is 0.757. The number of pyridine rings is 1. The van der Waals surface area contributed by atoms with E-state index in [0.29, 0.717) is 12.2 Å². The van der Waals surface area contributed by atoms with Crippen molar-refractivity contribution in [2.75, 3.05) is 7.11 Å². The third kappa shape index (κ3) is 3.26. The number of carbonyl (C=O) groups excluding carboxylic acids is 1. The Morgan fingerprint density at radius 2 is 2.10 bits per heavy atom. The minimum atomic E-state index is -0.576. The molecule has 0 aliphatic rings. The number of esters is 1. The van der Waals surface area contributed by atoms with E-state index in [9.17, 15) is 4.79 Å². The maximum absolute atomic E-state index is 11.8. The Kier molecular flexibility index (Phi) is 4.93. The lowest BCUT2D eigenvalue weighted by Gasteiger charge is -2.17. The molecule has 1 unspecified atom stereocenters. The second-order valence-corrected chi connectivity index (χ2v) is 4.60. The smallest absolute Gasteiger partial charge is 0.347 e. The number of rotatable bonds is 6. The molecule has 0 radical (unpaired) electrons. The molecule has 0 amide bonds. The zero-order valence-electron chi connectivity index (χ0n) is 11.8. The van der Waals surface area contributed by atoms with Crippen molar-refractivity contribution in [1.29, 1.82) is 0 Å². The number of nitrogens with zero attached hydrogens (tertiary/aromatic N) is 1. The molecule has 2 rings (SSSR count). The van der Waals surface area contributed by atoms with E-state index in [4.69, 9.17) is 9.47 Å². The third-order valence-corrected chi connectivity index (χ3v) is 3.15. The minimum absolute atomic E-state index is 0.341. The van der Waals surface area contributed by atoms with Crippen LogP contribution in [0.4, 0.5) is 0 Å². The summed E-state index contributed by atoms with van der Waals surface area (Å²) >= 11 is 0. The standard InChI is InChI=1S/C16H19NO3/c1-3-4-9-14(16(18)19-2)20-13-10-5-7-12-8-6-11-17-15(12)13/h5-8,10-11,14H,3-4,9H2,1-2H3. The number of carbonyl (C=O) groups is 1. The summed E-state index contributed by atoms with van der Waals surface area (Å²) in [5.41, 5.74) is 0.764. The molecule has 106 valence electrons. The van der Waals surface area contributed by atoms with Gasteiger partial charge in [0.1, 0.15) is 11.3 Å². The first-order valence-electron chi connectivity index (χ1n) is 6.84. The van der Waals surface area contributed by atoms with Gasteiger partial charge in [0.2, 0.25) is 0 Å². The number of unbranched alkanes of at least 4 members (excludes halogenated alkanes) is 1. The summed E-state index contributed by atoms with van der Waals surface area (Å²) in [7, 11) is 1.38. The van der Waals surface area contributed by atoms with Crippen molar-refractivity contribution < 1.29 is 14.3 Å². The fourth-order valence-electron chi connectivity index (χ4n) is 2.07. The molecule has 4 heteroatoms. The molecule has 20 heavy (non-hydrogen) atoms. The monoisotopic (exact) mass is 273 g/mol. The van der Waals surface area contributed by atoms with Crippen molar-refractivity contribution in [3.05, 3.63) is 36.5 Å². The van der Waals surface area contributed by atoms with Crippen LogP contribution in [0.25, 0.3) is 10.9 Å². The summed E-state index contributed by atoms with van der Waals surface area (Å²) in [6.45, 7) is 2.08. The Labute approximate surface area is 118 Å². The average molecular weight is 273 g/mol. The predicted octanol–water partition coefficient (Wildman–Crippen LogP) is 3.35. The SMILES string of the molecule is CCCCC(Oc1cccc2cccnc12)C(=O)OC. The predicted molar refractivity (Wildman–Crippen MR) is 77.7 cm³/mol. The first kappa shape index (κ1) is 14.3. The molecule has 1 atom stereocenters. The van der Waals surface area contributed by atoms with Crippen molar-refractivity contribution in [3.63, 3.8) is 0 Å². The van der Waals surface area contributed by atoms with E-state index >= 15 is 0 Å². The molecule has 0 saturated heterocycles. The summed E-state index contributed by atoms with van der Waals surface area (Å²) in [4.78, 5) is 16.1. The van der Waals surface area contributed by atoms with E-state index < -0.39 is 6.10 Å². The van der Waals surface area contributed by atoms with Crippen LogP contribution in [0.1, 0.15) is 26.2 Å². The number of aromatic nitrogens is 1. The van der Waals surface area contributed by atoms with Crippen molar-refractivity contribution >= 4 is 16.9 Å². The normalized spacial score (nSPS) is 12.1. The highest BCUT2D eigenvalue weighted by Crippen LogP contribution is 2.25. The first-order valence-corrected chi connectivity index (χ1v) is 6.84. The highest BCUT2D eigenvalue weighted by molar-refractivity contribution is 5.84. The highest BCUT2D eigenvalue weighted by Gasteiger charge is 2.21. The molecule has 4 nitrogen and oxygen atoms in total. The molecule has 2 aromatic rings. The number of hydrogen-bond donors (Lipinski definition) is 0. The fourth-order valence-corrected chi connectivity index (χ4v) is 2.07. The van der Waals surface area contributed by atoms with Crippen molar-refractivity contribution in [1.82, 2.24) is 4.98 Å². The van der Waals surface area contributed by atoms with Gasteiger partial charge in [-0.3, -0.25) is 4.98 Å². The fraction of sp³-hybridized carbons (Fsp3) is 0.375. The number of ether oxygens (including phenoxy) is 2. The van der Waals surface area contributed by atoms with Crippen LogP contribution in [0.5, 0.6) is 5.75 Å². The molecule has 1 heterocycles. The van der Waals surface area contributed by atoms with Gasteiger partial charge in [-0.15, -0.1) is 0 Å². The van der Waals surface area contributed by atoms with Crippen LogP contribution in [0.2, 0.25) is 0 Å². The second kappa shape index (κ2) is 6.89. The zero-order valence-corrected chi connectivity index (χ0v) is 11.8. The molecular formula is C16H19NO3. The number of fused-ring (bicyclic) bond motifs is 1. The summed E-state index contributed by atoms with van der Waals surface area (Å²) < 4.78 is 10.7. The molecule has 0 aliphatic heterocycles. The van der Waals surface area contributed by atoms with Crippen LogP contribution in [0, 0.1) is 0 Å². The van der Waals surface area contributed by atoms with E-state index in [2.05, 4.69) is 11.9 Å². The van der Waals surface area contributed by atoms with E-state index in [0.717, 1.165) is 23.7 Å². The van der Waals surface area contributed by atoms with Gasteiger partial charge in [-0.05, 0) is 25.0 Å². The molecule has 0 saturated carbocycles. The van der Waals surface area contributed by atoms with Gasteiger partial charge >= 0.3 is 5.97 Å². The van der Waals surface area contributed by atoms with E-state index in [1.165, 1.54) is 7.11 Å². The Morgan fingerprint density at radius 3 is 2.85 bits per heavy atom. The minimum Gasteiger partial charge on any atom is -0.476 e. The van der Waals surface area contributed by atoms with Crippen LogP contribution >= 0.6 is 0 Å². The summed E-state index contributed by atoms with van der Waals surface area (Å²) in [5.74, 6) is 0.279. The van der Waals surface area contributed by atoms with Crippen LogP contribution in [-0.2, 0) is 9.53 Å². The maximum atomic E-state index is 11.8. The van der Waals surface area contributed by atoms with Crippen molar-refractivity contribution in [2.45, 2.75) is 32.3 Å². The lowest BCUT2D eigenvalue weighted by Crippen LogP contribution is -2.28. The van der Waals surface area contributed by atoms with E-state index in [1.54, 1.807) is 6.20 Å². The Morgan fingerprint density at radius 1 is 1.30 bits per heavy atom. The molecule has 0 aliphatic carbocycles. The number of hydrogen-bond acceptors (Lipinski definition) is 4. The Hall–Kier alpha value is -2.10. The van der Waals surface area contributed by atoms with Gasteiger partial charge < -0.3 is 9.47 Å². The lowest BCUT2D eigenvalue weighted by atomic mass is 10.1. The van der Waals surface area contributed by atoms with Crippen LogP contribution < -0.4 is 4.74 Å². The number of para-hydroxylation sites is 1. The number of methoxy groups -OCH3 is 1. The molecule has 0 bridgehead atoms. The lowest BCUT2D eigenvalue weighted by molar-refractivity contribution is -0.149. The zero-order chi connectivity index (χ0) is 14.4. The number of benzene rings is 1. The average Bonchev–Trinajstić information content (AvgIpc) is 2.50. The third-order valence-electron chi connectivity index (χ3n) is 3.15. The van der Waals surface area contributed by atoms with E-state index in [-0.39, 0.29) is 5.97 Å². The van der Waals surface area contributed by atoms with Crippen LogP contribution in [-0.4, -0.2) is 24.2 Å². The maximum Gasteiger partial charge on any atom is 0.347 e. The van der Waals surface area contributed by atoms with Gasteiger partial charge in [-0.25, -0.2) is 4.79 Å². The Bertz CT molecular complexity index is 577. The van der Waals surface area contributed by atoms with Crippen molar-refractivity contribution in [3.8, 4) is 5.75 Å². The molecule has 0 spiro atoms. The molecule has 0 fully saturated rings. The highest BCUT2D eigenvalue weighted by atomic mass is 16.6. The van der Waals surface area contributed by atoms with Gasteiger partial charge in [0, 0.05) is 11.6 Å². The van der Waals surface area contributed by atoms with Gasteiger partial charge in [-0.1, -0.05) is 31.5 Å². The van der Waals surface area contributed by atoms with Gasteiger partial charge in [0.15, 0.2) is 6.10 Å². The van der Waals surface area contributed by atoms with Gasteiger partial charge in [0.05, 0.1) is 7.11 Å². The Balaban J connectivity index is 2.25. The molecule has 1 aromatic heterocycles. The molecular weight excluding hydrogens is 254 g/mol. The summed E-state index contributed by atoms with van der Waals surface area (Å²) in [6.07, 6.45) is 3.70. The summed E-state index contributed by atoms with van der Waals surface area (Å²) in [5, 5.41) is 0.990. The van der Waals surface area contributed by atoms with Gasteiger partial charge in [0.25, 0.3) is 0 Å². The topological polar surface area (TPSA) is 48.4 Å². The summed E-state index contributed by atoms with van der Waals surface area (Å²) in [6, 6.07) is 9.54. The van der Waals surface area contributed by atoms with E-state index in [1.807, 2.05) is 30.3 Å².